The fraction of sp³-hybridized carbons (Fsp3) is 0. The zero-order valence-corrected chi connectivity index (χ0v) is 11.7. The maximum Gasteiger partial charge on any atom is 0.259 e. The van der Waals surface area contributed by atoms with Gasteiger partial charge in [-0.1, -0.05) is 11.6 Å². The van der Waals surface area contributed by atoms with E-state index in [2.05, 4.69) is 26.2 Å². The van der Waals surface area contributed by atoms with E-state index in [0.717, 1.165) is 6.07 Å². The second kappa shape index (κ2) is 5.46. The number of phenols is 2. The summed E-state index contributed by atoms with van der Waals surface area (Å²) in [5.41, 5.74) is 0.312. The van der Waals surface area contributed by atoms with E-state index >= 15 is 0 Å². The first-order valence-corrected chi connectivity index (χ1v) is 6.29. The highest BCUT2D eigenvalue weighted by molar-refractivity contribution is 9.10. The van der Waals surface area contributed by atoms with Crippen molar-refractivity contribution >= 4 is 39.1 Å². The Kier molecular flexibility index (Phi) is 3.92. The number of phenolic OH excluding ortho intramolecular Hbond substituents is 2. The predicted octanol–water partition coefficient (Wildman–Crippen LogP) is 3.16. The van der Waals surface area contributed by atoms with E-state index in [1.165, 1.54) is 24.4 Å². The SMILES string of the molecule is O=C(Nc1cc(Cl)cnc1Br)c1cc(O)ccc1O. The molecule has 19 heavy (non-hydrogen) atoms. The van der Waals surface area contributed by atoms with E-state index in [1.807, 2.05) is 0 Å². The van der Waals surface area contributed by atoms with Gasteiger partial charge in [-0.15, -0.1) is 0 Å². The summed E-state index contributed by atoms with van der Waals surface area (Å²) in [5, 5.41) is 21.8. The maximum atomic E-state index is 12.0. The molecular formula is C12H8BrClN2O3. The Labute approximate surface area is 122 Å². The molecule has 0 bridgehead atoms. The molecule has 0 saturated heterocycles. The van der Waals surface area contributed by atoms with Gasteiger partial charge in [-0.25, -0.2) is 4.98 Å². The van der Waals surface area contributed by atoms with Crippen LogP contribution < -0.4 is 5.32 Å². The summed E-state index contributed by atoms with van der Waals surface area (Å²) in [6.45, 7) is 0. The van der Waals surface area contributed by atoms with E-state index in [1.54, 1.807) is 0 Å². The third-order valence-corrected chi connectivity index (χ3v) is 3.12. The number of aromatic nitrogens is 1. The minimum atomic E-state index is -0.585. The van der Waals surface area contributed by atoms with Gasteiger partial charge in [0.05, 0.1) is 16.3 Å². The largest absolute Gasteiger partial charge is 0.508 e. The van der Waals surface area contributed by atoms with Crippen LogP contribution in [0.15, 0.2) is 35.1 Å². The Morgan fingerprint density at radius 2 is 2.05 bits per heavy atom. The molecule has 0 spiro atoms. The summed E-state index contributed by atoms with van der Waals surface area (Å²) in [5.74, 6) is -0.939. The number of hydrogen-bond acceptors (Lipinski definition) is 4. The molecule has 2 rings (SSSR count). The maximum absolute atomic E-state index is 12.0. The number of nitrogens with zero attached hydrogens (tertiary/aromatic N) is 1. The normalized spacial score (nSPS) is 10.2. The number of halogens is 2. The van der Waals surface area contributed by atoms with Gasteiger partial charge in [0.25, 0.3) is 5.91 Å². The molecule has 2 aromatic rings. The van der Waals surface area contributed by atoms with E-state index in [-0.39, 0.29) is 17.1 Å². The number of carbonyl (C=O) groups is 1. The first-order valence-electron chi connectivity index (χ1n) is 5.12. The second-order valence-electron chi connectivity index (χ2n) is 3.65. The summed E-state index contributed by atoms with van der Waals surface area (Å²) >= 11 is 8.95. The molecule has 0 unspecified atom stereocenters. The van der Waals surface area contributed by atoms with Gasteiger partial charge in [-0.2, -0.15) is 0 Å². The second-order valence-corrected chi connectivity index (χ2v) is 4.84. The van der Waals surface area contributed by atoms with Crippen LogP contribution in [0.5, 0.6) is 11.5 Å². The van der Waals surface area contributed by atoms with Crippen LogP contribution in [0.1, 0.15) is 10.4 Å². The molecule has 0 saturated carbocycles. The Morgan fingerprint density at radius 1 is 1.32 bits per heavy atom. The fourth-order valence-corrected chi connectivity index (χ4v) is 1.88. The lowest BCUT2D eigenvalue weighted by Crippen LogP contribution is -2.12. The average Bonchev–Trinajstić information content (AvgIpc) is 2.36. The quantitative estimate of drug-likeness (QED) is 0.578. The van der Waals surface area contributed by atoms with Crippen molar-refractivity contribution in [3.05, 3.63) is 45.7 Å². The summed E-state index contributed by atoms with van der Waals surface area (Å²) in [7, 11) is 0. The minimum Gasteiger partial charge on any atom is -0.508 e. The van der Waals surface area contributed by atoms with Gasteiger partial charge in [0.2, 0.25) is 0 Å². The van der Waals surface area contributed by atoms with Gasteiger partial charge < -0.3 is 15.5 Å². The third kappa shape index (κ3) is 3.15. The average molecular weight is 344 g/mol. The fourth-order valence-electron chi connectivity index (χ4n) is 1.41. The molecule has 0 radical (unpaired) electrons. The Hall–Kier alpha value is -1.79. The Balaban J connectivity index is 2.30. The van der Waals surface area contributed by atoms with Gasteiger partial charge in [0, 0.05) is 6.20 Å². The molecule has 98 valence electrons. The molecule has 0 fully saturated rings. The molecule has 5 nitrogen and oxygen atoms in total. The number of hydrogen-bond donors (Lipinski definition) is 3. The number of aromatic hydroxyl groups is 2. The van der Waals surface area contributed by atoms with Crippen LogP contribution in [0, 0.1) is 0 Å². The van der Waals surface area contributed by atoms with Crippen LogP contribution in [0.3, 0.4) is 0 Å². The standard InChI is InChI=1S/C12H8BrClN2O3/c13-11-9(3-6(14)5-15-11)16-12(19)8-4-7(17)1-2-10(8)18/h1-5,17-18H,(H,16,19). The first kappa shape index (κ1) is 13.6. The highest BCUT2D eigenvalue weighted by atomic mass is 79.9. The molecule has 0 aliphatic heterocycles. The summed E-state index contributed by atoms with van der Waals surface area (Å²) in [4.78, 5) is 15.9. The molecule has 0 aliphatic carbocycles. The van der Waals surface area contributed by atoms with Crippen LogP contribution >= 0.6 is 27.5 Å². The molecule has 3 N–H and O–H groups in total. The monoisotopic (exact) mass is 342 g/mol. The van der Waals surface area contributed by atoms with Crippen molar-refractivity contribution in [1.82, 2.24) is 4.98 Å². The van der Waals surface area contributed by atoms with Gasteiger partial charge in [0.1, 0.15) is 16.1 Å². The molecule has 7 heteroatoms. The van der Waals surface area contributed by atoms with Crippen molar-refractivity contribution in [2.24, 2.45) is 0 Å². The Morgan fingerprint density at radius 3 is 2.79 bits per heavy atom. The number of amides is 1. The highest BCUT2D eigenvalue weighted by Crippen LogP contribution is 2.26. The lowest BCUT2D eigenvalue weighted by molar-refractivity contribution is 0.102. The van der Waals surface area contributed by atoms with E-state index in [9.17, 15) is 15.0 Å². The number of rotatable bonds is 2. The van der Waals surface area contributed by atoms with Gasteiger partial charge >= 0.3 is 0 Å². The highest BCUT2D eigenvalue weighted by Gasteiger charge is 2.14. The van der Waals surface area contributed by atoms with E-state index < -0.39 is 5.91 Å². The molecule has 0 atom stereocenters. The lowest BCUT2D eigenvalue weighted by Gasteiger charge is -2.08. The molecule has 0 aliphatic rings. The van der Waals surface area contributed by atoms with Crippen molar-refractivity contribution in [1.29, 1.82) is 0 Å². The van der Waals surface area contributed by atoms with Crippen molar-refractivity contribution in [2.45, 2.75) is 0 Å². The van der Waals surface area contributed by atoms with Crippen LogP contribution in [0.4, 0.5) is 5.69 Å². The number of nitrogens with one attached hydrogen (secondary N) is 1. The van der Waals surface area contributed by atoms with Gasteiger partial charge in [0.15, 0.2) is 0 Å². The number of anilines is 1. The van der Waals surface area contributed by atoms with Crippen LogP contribution in [-0.2, 0) is 0 Å². The third-order valence-electron chi connectivity index (χ3n) is 2.28. The van der Waals surface area contributed by atoms with Gasteiger partial charge in [-0.3, -0.25) is 4.79 Å². The van der Waals surface area contributed by atoms with Crippen molar-refractivity contribution in [2.75, 3.05) is 5.32 Å². The lowest BCUT2D eigenvalue weighted by atomic mass is 10.1. The number of benzene rings is 1. The van der Waals surface area contributed by atoms with Crippen LogP contribution in [0.25, 0.3) is 0 Å². The van der Waals surface area contributed by atoms with E-state index in [0.29, 0.717) is 15.3 Å². The summed E-state index contributed by atoms with van der Waals surface area (Å²) in [6, 6.07) is 5.19. The van der Waals surface area contributed by atoms with Crippen LogP contribution in [-0.4, -0.2) is 21.1 Å². The zero-order valence-electron chi connectivity index (χ0n) is 9.39. The summed E-state index contributed by atoms with van der Waals surface area (Å²) < 4.78 is 0.407. The first-order chi connectivity index (χ1) is 8.97. The zero-order chi connectivity index (χ0) is 14.0. The molecule has 1 amide bonds. The predicted molar refractivity (Wildman–Crippen MR) is 74.7 cm³/mol. The molecule has 1 aromatic carbocycles. The topological polar surface area (TPSA) is 82.5 Å². The van der Waals surface area contributed by atoms with Crippen molar-refractivity contribution in [3.8, 4) is 11.5 Å². The number of pyridine rings is 1. The minimum absolute atomic E-state index is 0.0492. The smallest absolute Gasteiger partial charge is 0.259 e. The van der Waals surface area contributed by atoms with Crippen molar-refractivity contribution in [3.63, 3.8) is 0 Å². The van der Waals surface area contributed by atoms with Crippen molar-refractivity contribution < 1.29 is 15.0 Å². The Bertz CT molecular complexity index is 649. The molecule has 1 heterocycles. The number of carbonyl (C=O) groups excluding carboxylic acids is 1. The molecule has 1 aromatic heterocycles. The van der Waals surface area contributed by atoms with Gasteiger partial charge in [-0.05, 0) is 40.2 Å². The van der Waals surface area contributed by atoms with Crippen LogP contribution in [0.2, 0.25) is 5.02 Å². The molecular weight excluding hydrogens is 336 g/mol. The summed E-state index contributed by atoms with van der Waals surface area (Å²) in [6.07, 6.45) is 1.42. The van der Waals surface area contributed by atoms with E-state index in [4.69, 9.17) is 11.6 Å².